The number of aromatic nitrogens is 5. The Kier molecular flexibility index (Phi) is 6.62. The third-order valence-electron chi connectivity index (χ3n) is 6.38. The molecule has 12 heteroatoms. The zero-order valence-electron chi connectivity index (χ0n) is 21.7. The van der Waals surface area contributed by atoms with Gasteiger partial charge in [-0.15, -0.1) is 0 Å². The SMILES string of the molecule is COc1ccc(-n2[nH]c(=O)cc2NC(=O)Nc2ccc(OCc3ccnc4[nH]c(=O)cnc34)c3ccccc23)cc1. The molecule has 12 nitrogen and oxygen atoms in total. The van der Waals surface area contributed by atoms with Crippen LogP contribution in [0.3, 0.4) is 0 Å². The summed E-state index contributed by atoms with van der Waals surface area (Å²) in [4.78, 5) is 47.7. The van der Waals surface area contributed by atoms with Crippen LogP contribution in [0.1, 0.15) is 5.56 Å². The minimum Gasteiger partial charge on any atom is -0.497 e. The number of hydrogen-bond acceptors (Lipinski definition) is 7. The number of urea groups is 1. The van der Waals surface area contributed by atoms with Crippen LogP contribution in [0.15, 0.2) is 94.8 Å². The third kappa shape index (κ3) is 5.21. The van der Waals surface area contributed by atoms with Gasteiger partial charge in [-0.3, -0.25) is 20.0 Å². The van der Waals surface area contributed by atoms with Gasteiger partial charge >= 0.3 is 6.03 Å². The van der Waals surface area contributed by atoms with Gasteiger partial charge in [-0.2, -0.15) is 0 Å². The van der Waals surface area contributed by atoms with Gasteiger partial charge in [0, 0.05) is 28.6 Å². The molecule has 3 heterocycles. The Morgan fingerprint density at radius 2 is 1.73 bits per heavy atom. The normalized spacial score (nSPS) is 11.0. The quantitative estimate of drug-likeness (QED) is 0.233. The zero-order valence-corrected chi connectivity index (χ0v) is 21.7. The molecule has 6 aromatic rings. The molecule has 0 aliphatic heterocycles. The fraction of sp³-hybridized carbons (Fsp3) is 0.0690. The fourth-order valence-electron chi connectivity index (χ4n) is 4.47. The minimum atomic E-state index is -0.534. The van der Waals surface area contributed by atoms with Crippen LogP contribution < -0.4 is 31.2 Å². The highest BCUT2D eigenvalue weighted by atomic mass is 16.5. The number of anilines is 2. The second kappa shape index (κ2) is 10.7. The van der Waals surface area contributed by atoms with Crippen molar-refractivity contribution in [2.24, 2.45) is 0 Å². The summed E-state index contributed by atoms with van der Waals surface area (Å²) >= 11 is 0. The average Bonchev–Trinajstić information content (AvgIpc) is 3.35. The Balaban J connectivity index is 1.22. The van der Waals surface area contributed by atoms with E-state index in [0.717, 1.165) is 16.3 Å². The predicted molar refractivity (Wildman–Crippen MR) is 154 cm³/mol. The highest BCUT2D eigenvalue weighted by Crippen LogP contribution is 2.32. The molecule has 41 heavy (non-hydrogen) atoms. The summed E-state index contributed by atoms with van der Waals surface area (Å²) in [6, 6.07) is 20.6. The molecule has 0 atom stereocenters. The second-order valence-electron chi connectivity index (χ2n) is 8.98. The van der Waals surface area contributed by atoms with Crippen LogP contribution >= 0.6 is 0 Å². The Hall–Kier alpha value is -5.91. The molecule has 4 N–H and O–H groups in total. The van der Waals surface area contributed by atoms with Crippen LogP contribution in [-0.4, -0.2) is 37.9 Å². The van der Waals surface area contributed by atoms with Gasteiger partial charge < -0.3 is 19.8 Å². The lowest BCUT2D eigenvalue weighted by Crippen LogP contribution is -2.21. The maximum absolute atomic E-state index is 13.0. The van der Waals surface area contributed by atoms with Crippen molar-refractivity contribution in [1.82, 2.24) is 24.7 Å². The monoisotopic (exact) mass is 549 g/mol. The number of nitrogens with one attached hydrogen (secondary N) is 4. The van der Waals surface area contributed by atoms with Crippen molar-refractivity contribution in [3.63, 3.8) is 0 Å². The Morgan fingerprint density at radius 3 is 2.54 bits per heavy atom. The number of ether oxygens (including phenoxy) is 2. The summed E-state index contributed by atoms with van der Waals surface area (Å²) in [6.45, 7) is 0.186. The summed E-state index contributed by atoms with van der Waals surface area (Å²) < 4.78 is 12.8. The highest BCUT2D eigenvalue weighted by Gasteiger charge is 2.14. The Morgan fingerprint density at radius 1 is 0.927 bits per heavy atom. The molecule has 0 unspecified atom stereocenters. The van der Waals surface area contributed by atoms with Crippen molar-refractivity contribution in [2.75, 3.05) is 17.7 Å². The molecule has 0 radical (unpaired) electrons. The first-order valence-electron chi connectivity index (χ1n) is 12.5. The summed E-state index contributed by atoms with van der Waals surface area (Å²) in [7, 11) is 1.57. The van der Waals surface area contributed by atoms with Gasteiger partial charge in [0.25, 0.3) is 11.1 Å². The first-order chi connectivity index (χ1) is 20.0. The summed E-state index contributed by atoms with van der Waals surface area (Å²) in [5.41, 5.74) is 2.17. The average molecular weight is 550 g/mol. The minimum absolute atomic E-state index is 0.186. The standard InChI is InChI=1S/C29H23N7O5/c1-40-19-8-6-18(7-9-19)36-24(14-25(37)35-36)33-29(39)32-22-10-11-23(21-5-3-2-4-20(21)22)41-16-17-12-13-30-28-27(17)31-15-26(38)34-28/h2-15H,16H2,1H3,(H,35,37)(H,30,34,38)(H2,32,33,39). The van der Waals surface area contributed by atoms with Crippen LogP contribution in [0.25, 0.3) is 27.6 Å². The molecule has 204 valence electrons. The smallest absolute Gasteiger partial charge is 0.324 e. The zero-order chi connectivity index (χ0) is 28.3. The van der Waals surface area contributed by atoms with Crippen molar-refractivity contribution in [2.45, 2.75) is 6.61 Å². The van der Waals surface area contributed by atoms with E-state index in [0.29, 0.717) is 34.0 Å². The van der Waals surface area contributed by atoms with Crippen molar-refractivity contribution >= 4 is 39.5 Å². The van der Waals surface area contributed by atoms with E-state index in [9.17, 15) is 14.4 Å². The maximum atomic E-state index is 13.0. The molecule has 3 aromatic carbocycles. The summed E-state index contributed by atoms with van der Waals surface area (Å²) in [6.07, 6.45) is 2.79. The Bertz CT molecular complexity index is 2010. The van der Waals surface area contributed by atoms with Gasteiger partial charge in [0.2, 0.25) is 0 Å². The molecular formula is C29H23N7O5. The number of carbonyl (C=O) groups excluding carboxylic acids is 1. The number of fused-ring (bicyclic) bond motifs is 2. The van der Waals surface area contributed by atoms with Crippen molar-refractivity contribution in [1.29, 1.82) is 0 Å². The van der Waals surface area contributed by atoms with Crippen LogP contribution in [0.4, 0.5) is 16.3 Å². The second-order valence-corrected chi connectivity index (χ2v) is 8.98. The van der Waals surface area contributed by atoms with Gasteiger partial charge in [-0.25, -0.2) is 19.4 Å². The molecule has 0 spiro atoms. The lowest BCUT2D eigenvalue weighted by Gasteiger charge is -2.15. The molecule has 2 amide bonds. The van der Waals surface area contributed by atoms with Gasteiger partial charge in [-0.05, 0) is 42.5 Å². The number of carbonyl (C=O) groups is 1. The van der Waals surface area contributed by atoms with E-state index < -0.39 is 6.03 Å². The molecule has 0 aliphatic rings. The molecule has 3 aromatic heterocycles. The Labute approximate surface area is 231 Å². The molecular weight excluding hydrogens is 526 g/mol. The first-order valence-corrected chi connectivity index (χ1v) is 12.5. The number of methoxy groups -OCH3 is 1. The van der Waals surface area contributed by atoms with E-state index in [-0.39, 0.29) is 23.5 Å². The number of benzene rings is 3. The molecule has 0 saturated carbocycles. The van der Waals surface area contributed by atoms with Gasteiger partial charge in [0.15, 0.2) is 5.65 Å². The van der Waals surface area contributed by atoms with E-state index in [4.69, 9.17) is 9.47 Å². The van der Waals surface area contributed by atoms with Crippen LogP contribution in [-0.2, 0) is 6.61 Å². The summed E-state index contributed by atoms with van der Waals surface area (Å²) in [5.74, 6) is 1.53. The number of amides is 2. The number of H-pyrrole nitrogens is 2. The van der Waals surface area contributed by atoms with E-state index in [1.165, 1.54) is 16.9 Å². The van der Waals surface area contributed by atoms with E-state index in [2.05, 4.69) is 30.7 Å². The van der Waals surface area contributed by atoms with Crippen molar-refractivity contribution in [3.05, 3.63) is 111 Å². The van der Waals surface area contributed by atoms with E-state index in [1.54, 1.807) is 55.8 Å². The lowest BCUT2D eigenvalue weighted by atomic mass is 10.1. The van der Waals surface area contributed by atoms with E-state index in [1.807, 2.05) is 24.3 Å². The number of rotatable bonds is 7. The van der Waals surface area contributed by atoms with Crippen LogP contribution in [0, 0.1) is 0 Å². The van der Waals surface area contributed by atoms with Gasteiger partial charge in [-0.1, -0.05) is 24.3 Å². The molecule has 0 fully saturated rings. The number of hydrogen-bond donors (Lipinski definition) is 4. The molecule has 0 bridgehead atoms. The van der Waals surface area contributed by atoms with Gasteiger partial charge in [0.05, 0.1) is 24.7 Å². The van der Waals surface area contributed by atoms with Crippen molar-refractivity contribution < 1.29 is 14.3 Å². The number of nitrogens with zero attached hydrogens (tertiary/aromatic N) is 3. The van der Waals surface area contributed by atoms with Gasteiger partial charge in [0.1, 0.15) is 29.4 Å². The lowest BCUT2D eigenvalue weighted by molar-refractivity contribution is 0.262. The summed E-state index contributed by atoms with van der Waals surface area (Å²) in [5, 5.41) is 9.81. The maximum Gasteiger partial charge on any atom is 0.324 e. The molecule has 0 saturated heterocycles. The molecule has 6 rings (SSSR count). The molecule has 0 aliphatic carbocycles. The fourth-order valence-corrected chi connectivity index (χ4v) is 4.47. The number of aromatic amines is 2. The van der Waals surface area contributed by atoms with E-state index >= 15 is 0 Å². The van der Waals surface area contributed by atoms with Crippen LogP contribution in [0.5, 0.6) is 11.5 Å². The van der Waals surface area contributed by atoms with Crippen LogP contribution in [0.2, 0.25) is 0 Å². The topological polar surface area (TPSA) is 156 Å². The first kappa shape index (κ1) is 25.4. The third-order valence-corrected chi connectivity index (χ3v) is 6.38. The highest BCUT2D eigenvalue weighted by molar-refractivity contribution is 6.07. The predicted octanol–water partition coefficient (Wildman–Crippen LogP) is 4.18. The number of pyridine rings is 1. The van der Waals surface area contributed by atoms with Crippen molar-refractivity contribution in [3.8, 4) is 17.2 Å². The largest absolute Gasteiger partial charge is 0.497 e.